The molecule has 0 N–H and O–H groups in total. The highest BCUT2D eigenvalue weighted by Gasteiger charge is 2.29. The lowest BCUT2D eigenvalue weighted by atomic mass is 10.4. The minimum atomic E-state index is -3.49. The van der Waals surface area contributed by atoms with Crippen LogP contribution < -0.4 is 0 Å². The Kier molecular flexibility index (Phi) is 8.14. The van der Waals surface area contributed by atoms with Crippen LogP contribution in [0.2, 0.25) is 0 Å². The largest absolute Gasteiger partial charge is 0.299 e. The Labute approximate surface area is 113 Å². The van der Waals surface area contributed by atoms with Crippen LogP contribution in [0.5, 0.6) is 0 Å². The fourth-order valence-corrected chi connectivity index (χ4v) is 6.74. The van der Waals surface area contributed by atoms with Crippen molar-refractivity contribution in [3.8, 4) is 0 Å². The second-order valence-electron chi connectivity index (χ2n) is 4.26. The van der Waals surface area contributed by atoms with Crippen LogP contribution in [0.25, 0.3) is 0 Å². The lowest BCUT2D eigenvalue weighted by Crippen LogP contribution is -2.24. The second-order valence-corrected chi connectivity index (χ2v) is 9.71. The number of carbonyl (C=O) groups excluding carboxylic acids is 1. The molecule has 0 aliphatic carbocycles. The molecule has 18 heavy (non-hydrogen) atoms. The van der Waals surface area contributed by atoms with Gasteiger partial charge in [-0.2, -0.15) is 8.42 Å². The van der Waals surface area contributed by atoms with E-state index in [4.69, 9.17) is 3.63 Å². The first-order valence-electron chi connectivity index (χ1n) is 6.56. The molecule has 0 fully saturated rings. The Morgan fingerprint density at radius 2 is 1.61 bits per heavy atom. The van der Waals surface area contributed by atoms with E-state index in [0.717, 1.165) is 6.42 Å². The second kappa shape index (κ2) is 8.17. The zero-order valence-corrected chi connectivity index (χ0v) is 13.5. The summed E-state index contributed by atoms with van der Waals surface area (Å²) < 4.78 is 29.2. The smallest absolute Gasteiger partial charge is 0.276 e. The Balaban J connectivity index is 4.84. The quantitative estimate of drug-likeness (QED) is 0.622. The fourth-order valence-electron chi connectivity index (χ4n) is 1.50. The molecule has 0 aromatic heterocycles. The Morgan fingerprint density at radius 1 is 1.06 bits per heavy atom. The third-order valence-electron chi connectivity index (χ3n) is 2.87. The summed E-state index contributed by atoms with van der Waals surface area (Å²) in [6, 6.07) is 0. The molecular formula is C12H26O4S2. The highest BCUT2D eigenvalue weighted by Crippen LogP contribution is 2.50. The van der Waals surface area contributed by atoms with E-state index in [-0.39, 0.29) is 17.3 Å². The predicted molar refractivity (Wildman–Crippen MR) is 78.6 cm³/mol. The Bertz CT molecular complexity index is 345. The maximum atomic E-state index is 11.9. The van der Waals surface area contributed by atoms with Gasteiger partial charge in [-0.05, 0) is 17.9 Å². The molecular weight excluding hydrogens is 272 g/mol. The highest BCUT2D eigenvalue weighted by molar-refractivity contribution is 8.33. The summed E-state index contributed by atoms with van der Waals surface area (Å²) in [4.78, 5) is 11.6. The van der Waals surface area contributed by atoms with E-state index < -0.39 is 20.4 Å². The number of Topliss-reactive ketones (excluding diaryl/α,β-unsaturated/α-hetero) is 1. The molecule has 110 valence electrons. The van der Waals surface area contributed by atoms with Gasteiger partial charge in [0.2, 0.25) is 0 Å². The predicted octanol–water partition coefficient (Wildman–Crippen LogP) is 2.87. The number of ketones is 1. The lowest BCUT2D eigenvalue weighted by molar-refractivity contribution is -0.116. The topological polar surface area (TPSA) is 60.4 Å². The van der Waals surface area contributed by atoms with Crippen molar-refractivity contribution in [2.24, 2.45) is 0 Å². The molecule has 0 bridgehead atoms. The van der Waals surface area contributed by atoms with Crippen LogP contribution in [0.3, 0.4) is 0 Å². The van der Waals surface area contributed by atoms with Gasteiger partial charge in [0.25, 0.3) is 10.1 Å². The molecule has 4 nitrogen and oxygen atoms in total. The lowest BCUT2D eigenvalue weighted by Gasteiger charge is -2.35. The summed E-state index contributed by atoms with van der Waals surface area (Å²) >= 11 is 0. The van der Waals surface area contributed by atoms with Crippen molar-refractivity contribution in [3.63, 3.8) is 0 Å². The van der Waals surface area contributed by atoms with Crippen molar-refractivity contribution >= 4 is 26.2 Å². The van der Waals surface area contributed by atoms with Gasteiger partial charge in [-0.1, -0.05) is 34.1 Å². The minimum absolute atomic E-state index is 0.0541. The van der Waals surface area contributed by atoms with Crippen molar-refractivity contribution < 1.29 is 16.8 Å². The SMILES string of the molecule is CCCCS(=O)(=O)OS(CC)(CC)CC(=O)CC. The van der Waals surface area contributed by atoms with Gasteiger partial charge < -0.3 is 0 Å². The molecule has 0 unspecified atom stereocenters. The first-order valence-corrected chi connectivity index (χ1v) is 10.2. The van der Waals surface area contributed by atoms with Crippen molar-refractivity contribution in [1.82, 2.24) is 0 Å². The van der Waals surface area contributed by atoms with Gasteiger partial charge in [-0.15, -0.1) is 10.3 Å². The third-order valence-corrected chi connectivity index (χ3v) is 8.59. The Morgan fingerprint density at radius 3 is 2.00 bits per heavy atom. The van der Waals surface area contributed by atoms with Gasteiger partial charge in [0.05, 0.1) is 11.5 Å². The molecule has 0 heterocycles. The van der Waals surface area contributed by atoms with Crippen molar-refractivity contribution in [2.75, 3.05) is 23.0 Å². The van der Waals surface area contributed by atoms with E-state index in [9.17, 15) is 13.2 Å². The maximum Gasteiger partial charge on any atom is 0.276 e. The van der Waals surface area contributed by atoms with E-state index in [0.29, 0.717) is 24.3 Å². The number of carbonyl (C=O) groups is 1. The first-order chi connectivity index (χ1) is 8.34. The number of hydrogen-bond acceptors (Lipinski definition) is 4. The maximum absolute atomic E-state index is 11.9. The zero-order valence-electron chi connectivity index (χ0n) is 11.9. The molecule has 0 saturated heterocycles. The number of unbranched alkanes of at least 4 members (excludes halogenated alkanes) is 1. The molecule has 0 aromatic rings. The van der Waals surface area contributed by atoms with E-state index >= 15 is 0 Å². The van der Waals surface area contributed by atoms with E-state index in [1.54, 1.807) is 6.92 Å². The third kappa shape index (κ3) is 6.20. The summed E-state index contributed by atoms with van der Waals surface area (Å²) in [5.41, 5.74) is 0. The highest BCUT2D eigenvalue weighted by atomic mass is 32.3. The van der Waals surface area contributed by atoms with E-state index in [1.807, 2.05) is 20.8 Å². The molecule has 0 amide bonds. The molecule has 0 aliphatic heterocycles. The van der Waals surface area contributed by atoms with Crippen LogP contribution in [0.4, 0.5) is 0 Å². The van der Waals surface area contributed by atoms with Crippen LogP contribution in [0.15, 0.2) is 0 Å². The molecule has 0 saturated carbocycles. The average Bonchev–Trinajstić information content (AvgIpc) is 2.35. The summed E-state index contributed by atoms with van der Waals surface area (Å²) in [5.74, 6) is 1.63. The normalized spacial score (nSPS) is 13.6. The zero-order chi connectivity index (χ0) is 14.2. The van der Waals surface area contributed by atoms with Crippen molar-refractivity contribution in [2.45, 2.75) is 47.0 Å². The van der Waals surface area contributed by atoms with Crippen LogP contribution in [-0.4, -0.2) is 37.2 Å². The molecule has 0 spiro atoms. The summed E-state index contributed by atoms with van der Waals surface area (Å²) in [7, 11) is -5.30. The van der Waals surface area contributed by atoms with Crippen molar-refractivity contribution in [1.29, 1.82) is 0 Å². The molecule has 0 rings (SSSR count). The summed E-state index contributed by atoms with van der Waals surface area (Å²) in [6.07, 6.45) is 1.86. The standard InChI is InChI=1S/C12H26O4S2/c1-5-9-10-18(14,15)16-17(7-3,8-4)11-12(13)6-2/h5-11H2,1-4H3. The average molecular weight is 298 g/mol. The molecule has 0 aliphatic rings. The molecule has 0 atom stereocenters. The molecule has 0 radical (unpaired) electrons. The van der Waals surface area contributed by atoms with Gasteiger partial charge in [0, 0.05) is 6.42 Å². The van der Waals surface area contributed by atoms with Gasteiger partial charge in [-0.3, -0.25) is 4.79 Å². The Hall–Kier alpha value is -0.0700. The van der Waals surface area contributed by atoms with Crippen LogP contribution in [-0.2, 0) is 18.5 Å². The van der Waals surface area contributed by atoms with Gasteiger partial charge >= 0.3 is 0 Å². The van der Waals surface area contributed by atoms with Crippen LogP contribution in [0, 0.1) is 0 Å². The van der Waals surface area contributed by atoms with Crippen molar-refractivity contribution in [3.05, 3.63) is 0 Å². The van der Waals surface area contributed by atoms with E-state index in [2.05, 4.69) is 0 Å². The van der Waals surface area contributed by atoms with E-state index in [1.165, 1.54) is 0 Å². The first kappa shape index (κ1) is 17.9. The number of hydrogen-bond donors (Lipinski definition) is 0. The summed E-state index contributed by atoms with van der Waals surface area (Å²) in [6.45, 7) is 7.54. The summed E-state index contributed by atoms with van der Waals surface area (Å²) in [5, 5.41) is 0. The van der Waals surface area contributed by atoms with Gasteiger partial charge in [0.1, 0.15) is 5.78 Å². The fraction of sp³-hybridized carbons (Fsp3) is 0.917. The molecule has 6 heteroatoms. The van der Waals surface area contributed by atoms with Crippen LogP contribution in [0.1, 0.15) is 47.0 Å². The van der Waals surface area contributed by atoms with Crippen LogP contribution >= 0.6 is 10.3 Å². The number of rotatable bonds is 10. The minimum Gasteiger partial charge on any atom is -0.299 e. The molecule has 0 aromatic carbocycles. The monoisotopic (exact) mass is 298 g/mol. The van der Waals surface area contributed by atoms with Gasteiger partial charge in [0.15, 0.2) is 0 Å². The van der Waals surface area contributed by atoms with Gasteiger partial charge in [-0.25, -0.2) is 3.63 Å².